The van der Waals surface area contributed by atoms with Gasteiger partial charge in [-0.05, 0) is 55.8 Å². The number of aliphatic hydroxyl groups excluding tert-OH is 1. The second kappa shape index (κ2) is 12.7. The second-order valence-electron chi connectivity index (χ2n) is 12.4. The van der Waals surface area contributed by atoms with E-state index in [0.717, 1.165) is 35.7 Å². The van der Waals surface area contributed by atoms with Crippen LogP contribution in [0, 0.1) is 11.8 Å². The molecule has 0 aliphatic carbocycles. The van der Waals surface area contributed by atoms with Gasteiger partial charge in [-0.1, -0.05) is 72.8 Å². The van der Waals surface area contributed by atoms with Gasteiger partial charge in [-0.25, -0.2) is 0 Å². The van der Waals surface area contributed by atoms with Gasteiger partial charge in [-0.2, -0.15) is 0 Å². The van der Waals surface area contributed by atoms with Crippen molar-refractivity contribution in [1.29, 1.82) is 0 Å². The highest BCUT2D eigenvalue weighted by atomic mass is 32.2. The normalized spacial score (nSPS) is 27.3. The number of para-hydroxylation sites is 1. The Kier molecular flexibility index (Phi) is 8.45. The molecule has 3 amide bonds. The van der Waals surface area contributed by atoms with E-state index in [9.17, 15) is 14.7 Å². The number of hydrogen-bond acceptors (Lipinski definition) is 6. The number of fused-ring (bicyclic) bond motifs is 2. The molecule has 242 valence electrons. The molecule has 1 unspecified atom stereocenters. The third kappa shape index (κ3) is 5.07. The first kappa shape index (κ1) is 31.3. The lowest BCUT2D eigenvalue weighted by molar-refractivity contribution is -0.141. The molecule has 3 aromatic rings. The molecule has 8 nitrogen and oxygen atoms in total. The standard InChI is InChI=1S/C38H40N4O4S/c1-3-39(4-2)27-18-20-29(21-19-27)41-24-12-22-38-33(32-31(47-38)17-11-23-40(35(32)44)28-15-9-6-10-16-28)36(45)42(34(38)37(41)46)30(25-43)26-13-7-5-8-14-26/h5-22,30-34,43H,3-4,23-25H2,1-2H3/t30-,31+,32-,33+,34?,38+/m1/s1. The van der Waals surface area contributed by atoms with Crippen molar-refractivity contribution < 1.29 is 19.5 Å². The molecular formula is C38H40N4O4S. The molecule has 4 aliphatic rings. The topological polar surface area (TPSA) is 84.4 Å². The Labute approximate surface area is 280 Å². The quantitative estimate of drug-likeness (QED) is 0.344. The van der Waals surface area contributed by atoms with Gasteiger partial charge in [0.25, 0.3) is 5.91 Å². The number of benzene rings is 3. The number of anilines is 3. The van der Waals surface area contributed by atoms with Crippen molar-refractivity contribution in [1.82, 2.24) is 4.90 Å². The summed E-state index contributed by atoms with van der Waals surface area (Å²) in [6.07, 6.45) is 8.06. The summed E-state index contributed by atoms with van der Waals surface area (Å²) in [6, 6.07) is 25.2. The monoisotopic (exact) mass is 648 g/mol. The van der Waals surface area contributed by atoms with Gasteiger partial charge in [-0.3, -0.25) is 14.4 Å². The molecule has 4 aliphatic heterocycles. The minimum absolute atomic E-state index is 0.122. The van der Waals surface area contributed by atoms with Crippen LogP contribution in [0.5, 0.6) is 0 Å². The lowest BCUT2D eigenvalue weighted by atomic mass is 9.78. The van der Waals surface area contributed by atoms with Crippen LogP contribution < -0.4 is 14.7 Å². The molecule has 47 heavy (non-hydrogen) atoms. The van der Waals surface area contributed by atoms with Crippen LogP contribution in [0.2, 0.25) is 0 Å². The average Bonchev–Trinajstić information content (AvgIpc) is 3.42. The Morgan fingerprint density at radius 1 is 0.809 bits per heavy atom. The fourth-order valence-electron chi connectivity index (χ4n) is 7.95. The minimum atomic E-state index is -0.999. The number of likely N-dealkylation sites (tertiary alicyclic amines) is 1. The summed E-state index contributed by atoms with van der Waals surface area (Å²) in [6.45, 7) is 6.37. The molecule has 2 fully saturated rings. The number of amides is 3. The van der Waals surface area contributed by atoms with Crippen LogP contribution in [-0.4, -0.2) is 76.6 Å². The molecular weight excluding hydrogens is 609 g/mol. The zero-order valence-electron chi connectivity index (χ0n) is 26.7. The second-order valence-corrected chi connectivity index (χ2v) is 13.9. The first-order chi connectivity index (χ1) is 22.9. The summed E-state index contributed by atoms with van der Waals surface area (Å²) in [5.74, 6) is -2.07. The molecule has 7 rings (SSSR count). The number of aliphatic hydroxyl groups is 1. The molecule has 0 radical (unpaired) electrons. The molecule has 9 heteroatoms. The predicted octanol–water partition coefficient (Wildman–Crippen LogP) is 5.07. The van der Waals surface area contributed by atoms with E-state index < -0.39 is 28.7 Å². The number of carbonyl (C=O) groups is 3. The van der Waals surface area contributed by atoms with Gasteiger partial charge in [0.2, 0.25) is 11.8 Å². The molecule has 6 atom stereocenters. The fraction of sp³-hybridized carbons (Fsp3) is 0.342. The lowest BCUT2D eigenvalue weighted by Gasteiger charge is -2.38. The van der Waals surface area contributed by atoms with E-state index in [4.69, 9.17) is 0 Å². The lowest BCUT2D eigenvalue weighted by Crippen LogP contribution is -2.54. The summed E-state index contributed by atoms with van der Waals surface area (Å²) < 4.78 is -0.999. The number of thioether (sulfide) groups is 1. The number of rotatable bonds is 8. The van der Waals surface area contributed by atoms with Gasteiger partial charge in [0.1, 0.15) is 6.04 Å². The van der Waals surface area contributed by atoms with Crippen molar-refractivity contribution in [3.63, 3.8) is 0 Å². The van der Waals surface area contributed by atoms with Crippen LogP contribution in [0.15, 0.2) is 109 Å². The van der Waals surface area contributed by atoms with Crippen molar-refractivity contribution >= 4 is 46.5 Å². The predicted molar refractivity (Wildman–Crippen MR) is 187 cm³/mol. The Morgan fingerprint density at radius 3 is 2.09 bits per heavy atom. The van der Waals surface area contributed by atoms with Gasteiger partial charge in [0.05, 0.1) is 29.2 Å². The maximum atomic E-state index is 15.0. The highest BCUT2D eigenvalue weighted by molar-refractivity contribution is 8.02. The first-order valence-corrected chi connectivity index (χ1v) is 17.3. The molecule has 3 aromatic carbocycles. The molecule has 1 spiro atoms. The maximum absolute atomic E-state index is 15.0. The maximum Gasteiger partial charge on any atom is 0.251 e. The average molecular weight is 649 g/mol. The molecule has 4 heterocycles. The van der Waals surface area contributed by atoms with E-state index in [0.29, 0.717) is 13.1 Å². The first-order valence-electron chi connectivity index (χ1n) is 16.5. The third-order valence-corrected chi connectivity index (χ3v) is 11.9. The molecule has 0 aromatic heterocycles. The van der Waals surface area contributed by atoms with Crippen LogP contribution >= 0.6 is 11.8 Å². The smallest absolute Gasteiger partial charge is 0.251 e. The van der Waals surface area contributed by atoms with E-state index in [1.807, 2.05) is 109 Å². The summed E-state index contributed by atoms with van der Waals surface area (Å²) in [7, 11) is 0. The van der Waals surface area contributed by atoms with Crippen LogP contribution in [0.25, 0.3) is 0 Å². The van der Waals surface area contributed by atoms with Crippen molar-refractivity contribution in [2.75, 3.05) is 47.5 Å². The van der Waals surface area contributed by atoms with Crippen LogP contribution in [0.3, 0.4) is 0 Å². The molecule has 1 N–H and O–H groups in total. The summed E-state index contributed by atoms with van der Waals surface area (Å²) in [5.41, 5.74) is 3.34. The summed E-state index contributed by atoms with van der Waals surface area (Å²) in [4.78, 5) is 51.8. The Bertz CT molecular complexity index is 1690. The third-order valence-electron chi connectivity index (χ3n) is 10.1. The van der Waals surface area contributed by atoms with E-state index in [-0.39, 0.29) is 29.6 Å². The minimum Gasteiger partial charge on any atom is -0.394 e. The number of hydrogen-bond donors (Lipinski definition) is 1. The van der Waals surface area contributed by atoms with Crippen LogP contribution in [-0.2, 0) is 14.4 Å². The molecule has 0 saturated carbocycles. The van der Waals surface area contributed by atoms with E-state index in [2.05, 4.69) is 18.7 Å². The fourth-order valence-corrected chi connectivity index (χ4v) is 9.94. The SMILES string of the molecule is CCN(CC)c1ccc(N2CC=C[C@]34S[C@H]5C=CCN(c6ccccc6)C(=O)[C@H]5[C@H]3C(=O)N([C@H](CO)c3ccccc3)C4C2=O)cc1. The van der Waals surface area contributed by atoms with Crippen LogP contribution in [0.1, 0.15) is 25.5 Å². The Morgan fingerprint density at radius 2 is 1.43 bits per heavy atom. The zero-order valence-corrected chi connectivity index (χ0v) is 27.5. The van der Waals surface area contributed by atoms with E-state index in [1.165, 1.54) is 0 Å². The van der Waals surface area contributed by atoms with Crippen molar-refractivity contribution in [2.45, 2.75) is 35.9 Å². The summed E-state index contributed by atoms with van der Waals surface area (Å²) in [5, 5.41) is 10.6. The van der Waals surface area contributed by atoms with Crippen LogP contribution in [0.4, 0.5) is 17.1 Å². The largest absolute Gasteiger partial charge is 0.394 e. The van der Waals surface area contributed by atoms with Gasteiger partial charge in [0, 0.05) is 48.5 Å². The Hall–Kier alpha value is -4.34. The van der Waals surface area contributed by atoms with Crippen molar-refractivity contribution in [3.8, 4) is 0 Å². The zero-order chi connectivity index (χ0) is 32.7. The molecule has 2 saturated heterocycles. The Balaban J connectivity index is 1.33. The highest BCUT2D eigenvalue weighted by Crippen LogP contribution is 2.62. The molecule has 0 bridgehead atoms. The number of nitrogens with zero attached hydrogens (tertiary/aromatic N) is 4. The highest BCUT2D eigenvalue weighted by Gasteiger charge is 2.72. The van der Waals surface area contributed by atoms with Crippen molar-refractivity contribution in [2.24, 2.45) is 11.8 Å². The number of carbonyl (C=O) groups excluding carboxylic acids is 3. The van der Waals surface area contributed by atoms with E-state index in [1.54, 1.807) is 26.5 Å². The summed E-state index contributed by atoms with van der Waals surface area (Å²) >= 11 is 1.55. The van der Waals surface area contributed by atoms with Gasteiger partial charge >= 0.3 is 0 Å². The van der Waals surface area contributed by atoms with Gasteiger partial charge in [0.15, 0.2) is 0 Å². The van der Waals surface area contributed by atoms with Gasteiger partial charge in [-0.15, -0.1) is 11.8 Å². The van der Waals surface area contributed by atoms with E-state index >= 15 is 4.79 Å². The van der Waals surface area contributed by atoms with Crippen molar-refractivity contribution in [3.05, 3.63) is 115 Å². The van der Waals surface area contributed by atoms with Gasteiger partial charge < -0.3 is 24.7 Å².